The molecule has 0 saturated heterocycles. The molecule has 3 aromatic rings. The van der Waals surface area contributed by atoms with Gasteiger partial charge in [-0.1, -0.05) is 25.1 Å². The highest BCUT2D eigenvalue weighted by atomic mass is 32.1. The van der Waals surface area contributed by atoms with Crippen molar-refractivity contribution >= 4 is 22.9 Å². The van der Waals surface area contributed by atoms with E-state index in [4.69, 9.17) is 4.74 Å². The van der Waals surface area contributed by atoms with Crippen LogP contribution in [0.15, 0.2) is 42.5 Å². The number of nitrogens with zero attached hydrogens (tertiary/aromatic N) is 2. The number of hydrogen-bond acceptors (Lipinski definition) is 4. The number of benzene rings is 2. The Bertz CT molecular complexity index is 1050. The van der Waals surface area contributed by atoms with E-state index in [9.17, 15) is 9.18 Å². The Balaban J connectivity index is 1.80. The van der Waals surface area contributed by atoms with Gasteiger partial charge in [-0.15, -0.1) is 11.3 Å². The fourth-order valence-electron chi connectivity index (χ4n) is 3.49. The van der Waals surface area contributed by atoms with Crippen molar-refractivity contribution in [2.75, 3.05) is 4.90 Å². The molecule has 0 saturated carbocycles. The van der Waals surface area contributed by atoms with Crippen molar-refractivity contribution in [1.82, 2.24) is 4.98 Å². The molecule has 1 unspecified atom stereocenters. The summed E-state index contributed by atoms with van der Waals surface area (Å²) in [5, 5.41) is 0.992. The summed E-state index contributed by atoms with van der Waals surface area (Å²) in [5.74, 6) is 0.163. The maximum atomic E-state index is 14.2. The second-order valence-electron chi connectivity index (χ2n) is 6.85. The zero-order valence-corrected chi connectivity index (χ0v) is 16.8. The van der Waals surface area contributed by atoms with Gasteiger partial charge < -0.3 is 9.64 Å². The average Bonchev–Trinajstić information content (AvgIpc) is 3.03. The van der Waals surface area contributed by atoms with Gasteiger partial charge in [-0.3, -0.25) is 4.79 Å². The van der Waals surface area contributed by atoms with Crippen LogP contribution in [-0.4, -0.2) is 17.0 Å². The SMILES string of the molecule is CCC1Oc2ccc(-c3nc(C)sc3C)cc2N(Cc2ccccc2F)C1=O. The molecule has 4 rings (SSSR count). The molecule has 1 amide bonds. The summed E-state index contributed by atoms with van der Waals surface area (Å²) in [7, 11) is 0. The Morgan fingerprint density at radius 2 is 2.00 bits per heavy atom. The van der Waals surface area contributed by atoms with Crippen LogP contribution < -0.4 is 9.64 Å². The first-order valence-corrected chi connectivity index (χ1v) is 10.1. The Labute approximate surface area is 167 Å². The van der Waals surface area contributed by atoms with Crippen LogP contribution in [0.2, 0.25) is 0 Å². The third kappa shape index (κ3) is 3.29. The fourth-order valence-corrected chi connectivity index (χ4v) is 4.33. The number of aryl methyl sites for hydroxylation is 2. The van der Waals surface area contributed by atoms with Gasteiger partial charge in [0.2, 0.25) is 0 Å². The van der Waals surface area contributed by atoms with Crippen LogP contribution in [-0.2, 0) is 11.3 Å². The molecule has 4 nitrogen and oxygen atoms in total. The molecule has 0 fully saturated rings. The molecule has 1 aromatic heterocycles. The van der Waals surface area contributed by atoms with E-state index in [1.807, 2.05) is 39.0 Å². The number of carbonyl (C=O) groups excluding carboxylic acids is 1. The highest BCUT2D eigenvalue weighted by Gasteiger charge is 2.34. The zero-order chi connectivity index (χ0) is 19.8. The van der Waals surface area contributed by atoms with Crippen molar-refractivity contribution in [3.8, 4) is 17.0 Å². The molecule has 6 heteroatoms. The summed E-state index contributed by atoms with van der Waals surface area (Å²) in [6, 6.07) is 12.3. The number of carbonyl (C=O) groups is 1. The maximum absolute atomic E-state index is 14.2. The number of halogens is 1. The fraction of sp³-hybridized carbons (Fsp3) is 0.273. The molecular formula is C22H21FN2O2S. The lowest BCUT2D eigenvalue weighted by Gasteiger charge is -2.34. The van der Waals surface area contributed by atoms with E-state index in [1.165, 1.54) is 6.07 Å². The number of aromatic nitrogens is 1. The van der Waals surface area contributed by atoms with Gasteiger partial charge >= 0.3 is 0 Å². The number of thiazole rings is 1. The molecule has 1 atom stereocenters. The van der Waals surface area contributed by atoms with E-state index in [2.05, 4.69) is 4.98 Å². The first-order valence-electron chi connectivity index (χ1n) is 9.27. The predicted molar refractivity (Wildman–Crippen MR) is 109 cm³/mol. The monoisotopic (exact) mass is 396 g/mol. The third-order valence-corrected chi connectivity index (χ3v) is 5.78. The molecule has 0 aliphatic carbocycles. The van der Waals surface area contributed by atoms with E-state index in [0.29, 0.717) is 23.4 Å². The Kier molecular flexibility index (Phi) is 4.89. The van der Waals surface area contributed by atoms with Crippen LogP contribution in [0.3, 0.4) is 0 Å². The van der Waals surface area contributed by atoms with Crippen molar-refractivity contribution in [1.29, 1.82) is 0 Å². The van der Waals surface area contributed by atoms with Crippen molar-refractivity contribution in [2.45, 2.75) is 39.8 Å². The molecule has 2 aromatic carbocycles. The molecular weight excluding hydrogens is 375 g/mol. The van der Waals surface area contributed by atoms with Gasteiger partial charge in [0, 0.05) is 16.0 Å². The van der Waals surface area contributed by atoms with Crippen molar-refractivity contribution in [3.63, 3.8) is 0 Å². The van der Waals surface area contributed by atoms with E-state index in [0.717, 1.165) is 21.1 Å². The average molecular weight is 396 g/mol. The van der Waals surface area contributed by atoms with Gasteiger partial charge in [-0.05, 0) is 44.5 Å². The maximum Gasteiger partial charge on any atom is 0.268 e. The number of fused-ring (bicyclic) bond motifs is 1. The first kappa shape index (κ1) is 18.6. The van der Waals surface area contributed by atoms with E-state index in [1.54, 1.807) is 34.4 Å². The number of rotatable bonds is 4. The molecule has 2 heterocycles. The van der Waals surface area contributed by atoms with Gasteiger partial charge in [-0.2, -0.15) is 0 Å². The van der Waals surface area contributed by atoms with Gasteiger partial charge in [-0.25, -0.2) is 9.37 Å². The molecule has 0 N–H and O–H groups in total. The lowest BCUT2D eigenvalue weighted by Crippen LogP contribution is -2.45. The molecule has 28 heavy (non-hydrogen) atoms. The van der Waals surface area contributed by atoms with Crippen LogP contribution in [0.1, 0.15) is 28.8 Å². The second kappa shape index (κ2) is 7.36. The van der Waals surface area contributed by atoms with Gasteiger partial charge in [0.1, 0.15) is 11.6 Å². The smallest absolute Gasteiger partial charge is 0.268 e. The minimum absolute atomic E-state index is 0.151. The number of hydrogen-bond donors (Lipinski definition) is 0. The summed E-state index contributed by atoms with van der Waals surface area (Å²) >= 11 is 1.64. The topological polar surface area (TPSA) is 42.4 Å². The Morgan fingerprint density at radius 1 is 1.21 bits per heavy atom. The lowest BCUT2D eigenvalue weighted by molar-refractivity contribution is -0.126. The van der Waals surface area contributed by atoms with Crippen LogP contribution in [0.5, 0.6) is 5.75 Å². The first-order chi connectivity index (χ1) is 13.5. The van der Waals surface area contributed by atoms with Crippen LogP contribution in [0.4, 0.5) is 10.1 Å². The molecule has 0 bridgehead atoms. The highest BCUT2D eigenvalue weighted by molar-refractivity contribution is 7.11. The second-order valence-corrected chi connectivity index (χ2v) is 8.26. The minimum Gasteiger partial charge on any atom is -0.478 e. The Hall–Kier alpha value is -2.73. The normalized spacial score (nSPS) is 16.1. The van der Waals surface area contributed by atoms with E-state index >= 15 is 0 Å². The molecule has 1 aliphatic rings. The lowest BCUT2D eigenvalue weighted by atomic mass is 10.0. The summed E-state index contributed by atoms with van der Waals surface area (Å²) in [6.45, 7) is 6.08. The largest absolute Gasteiger partial charge is 0.478 e. The standard InChI is InChI=1S/C22H21FN2O2S/c1-4-19-22(26)25(12-16-7-5-6-8-17(16)23)18-11-15(9-10-20(18)27-19)21-13(2)28-14(3)24-21/h5-11,19H,4,12H2,1-3H3. The van der Waals surface area contributed by atoms with E-state index in [-0.39, 0.29) is 18.3 Å². The van der Waals surface area contributed by atoms with Crippen LogP contribution in [0, 0.1) is 19.7 Å². The summed E-state index contributed by atoms with van der Waals surface area (Å²) in [6.07, 6.45) is -0.00793. The van der Waals surface area contributed by atoms with Crippen molar-refractivity contribution in [3.05, 3.63) is 63.7 Å². The number of ether oxygens (including phenoxy) is 1. The van der Waals surface area contributed by atoms with Gasteiger partial charge in [0.05, 0.1) is 22.9 Å². The summed E-state index contributed by atoms with van der Waals surface area (Å²) in [4.78, 5) is 20.4. The van der Waals surface area contributed by atoms with Gasteiger partial charge in [0.25, 0.3) is 5.91 Å². The van der Waals surface area contributed by atoms with Crippen molar-refractivity contribution in [2.24, 2.45) is 0 Å². The third-order valence-electron chi connectivity index (χ3n) is 4.89. The molecule has 0 radical (unpaired) electrons. The molecule has 0 spiro atoms. The molecule has 1 aliphatic heterocycles. The summed E-state index contributed by atoms with van der Waals surface area (Å²) < 4.78 is 20.2. The minimum atomic E-state index is -0.562. The van der Waals surface area contributed by atoms with E-state index < -0.39 is 6.10 Å². The molecule has 144 valence electrons. The van der Waals surface area contributed by atoms with Crippen molar-refractivity contribution < 1.29 is 13.9 Å². The number of anilines is 1. The number of amides is 1. The quantitative estimate of drug-likeness (QED) is 0.603. The predicted octanol–water partition coefficient (Wildman–Crippen LogP) is 5.27. The Morgan fingerprint density at radius 3 is 2.68 bits per heavy atom. The van der Waals surface area contributed by atoms with Gasteiger partial charge in [0.15, 0.2) is 6.10 Å². The highest BCUT2D eigenvalue weighted by Crippen LogP contribution is 2.40. The van der Waals surface area contributed by atoms with Crippen LogP contribution >= 0.6 is 11.3 Å². The van der Waals surface area contributed by atoms with Crippen LogP contribution in [0.25, 0.3) is 11.3 Å². The summed E-state index contributed by atoms with van der Waals surface area (Å²) in [5.41, 5.74) is 2.96. The zero-order valence-electron chi connectivity index (χ0n) is 16.0.